The fourth-order valence-electron chi connectivity index (χ4n) is 2.66. The first-order valence-electron chi connectivity index (χ1n) is 8.39. The standard InChI is InChI=1S/C17H26N2O4S/c1-4-5-17(20)18-10-12-19(13-11-18)24(21,22)16-8-6-15(7-9-16)23-14(2)3/h6-9,14H,4-5,10-13H2,1-3H3. The van der Waals surface area contributed by atoms with Crippen molar-refractivity contribution in [3.05, 3.63) is 24.3 Å². The number of nitrogens with zero attached hydrogens (tertiary/aromatic N) is 2. The van der Waals surface area contributed by atoms with Gasteiger partial charge in [0.1, 0.15) is 5.75 Å². The number of ether oxygens (including phenoxy) is 1. The van der Waals surface area contributed by atoms with Crippen LogP contribution < -0.4 is 4.74 Å². The summed E-state index contributed by atoms with van der Waals surface area (Å²) in [7, 11) is -3.53. The Morgan fingerprint density at radius 3 is 2.21 bits per heavy atom. The van der Waals surface area contributed by atoms with Gasteiger partial charge < -0.3 is 9.64 Å². The Morgan fingerprint density at radius 2 is 1.71 bits per heavy atom. The Morgan fingerprint density at radius 1 is 1.12 bits per heavy atom. The van der Waals surface area contributed by atoms with Crippen LogP contribution in [0.15, 0.2) is 29.2 Å². The van der Waals surface area contributed by atoms with E-state index in [2.05, 4.69) is 0 Å². The van der Waals surface area contributed by atoms with Gasteiger partial charge in [-0.2, -0.15) is 4.31 Å². The lowest BCUT2D eigenvalue weighted by molar-refractivity contribution is -0.132. The van der Waals surface area contributed by atoms with E-state index in [1.807, 2.05) is 20.8 Å². The number of piperazine rings is 1. The molecule has 1 amide bonds. The lowest BCUT2D eigenvalue weighted by Crippen LogP contribution is -2.50. The van der Waals surface area contributed by atoms with Crippen LogP contribution in [0.5, 0.6) is 5.75 Å². The first-order chi connectivity index (χ1) is 11.3. The highest BCUT2D eigenvalue weighted by molar-refractivity contribution is 7.89. The maximum absolute atomic E-state index is 12.7. The molecule has 0 spiro atoms. The second-order valence-corrected chi connectivity index (χ2v) is 8.11. The van der Waals surface area contributed by atoms with E-state index in [4.69, 9.17) is 4.74 Å². The van der Waals surface area contributed by atoms with E-state index < -0.39 is 10.0 Å². The molecular weight excluding hydrogens is 328 g/mol. The average Bonchev–Trinajstić information content (AvgIpc) is 2.55. The minimum Gasteiger partial charge on any atom is -0.491 e. The van der Waals surface area contributed by atoms with E-state index in [0.29, 0.717) is 38.3 Å². The quantitative estimate of drug-likeness (QED) is 0.785. The summed E-state index contributed by atoms with van der Waals surface area (Å²) in [5, 5.41) is 0. The number of benzene rings is 1. The SMILES string of the molecule is CCCC(=O)N1CCN(S(=O)(=O)c2ccc(OC(C)C)cc2)CC1. The van der Waals surface area contributed by atoms with Crippen LogP contribution in [0.1, 0.15) is 33.6 Å². The smallest absolute Gasteiger partial charge is 0.243 e. The monoisotopic (exact) mass is 354 g/mol. The summed E-state index contributed by atoms with van der Waals surface area (Å²) in [6, 6.07) is 6.49. The van der Waals surface area contributed by atoms with Gasteiger partial charge in [0.2, 0.25) is 15.9 Å². The van der Waals surface area contributed by atoms with Gasteiger partial charge in [0, 0.05) is 32.6 Å². The number of sulfonamides is 1. The van der Waals surface area contributed by atoms with Crippen LogP contribution in [0.4, 0.5) is 0 Å². The number of hydrogen-bond acceptors (Lipinski definition) is 4. The highest BCUT2D eigenvalue weighted by atomic mass is 32.2. The molecule has 1 heterocycles. The molecule has 0 aromatic heterocycles. The molecule has 2 rings (SSSR count). The number of rotatable bonds is 6. The van der Waals surface area contributed by atoms with Crippen molar-refractivity contribution in [2.24, 2.45) is 0 Å². The second kappa shape index (κ2) is 7.98. The van der Waals surface area contributed by atoms with Crippen LogP contribution in [-0.2, 0) is 14.8 Å². The Kier molecular flexibility index (Phi) is 6.23. The molecule has 24 heavy (non-hydrogen) atoms. The number of carbonyl (C=O) groups is 1. The fraction of sp³-hybridized carbons (Fsp3) is 0.588. The molecule has 0 N–H and O–H groups in total. The summed E-state index contributed by atoms with van der Waals surface area (Å²) in [4.78, 5) is 13.9. The van der Waals surface area contributed by atoms with E-state index in [9.17, 15) is 13.2 Å². The maximum Gasteiger partial charge on any atom is 0.243 e. The zero-order chi connectivity index (χ0) is 17.7. The Labute approximate surface area is 144 Å². The van der Waals surface area contributed by atoms with Crippen molar-refractivity contribution in [2.45, 2.75) is 44.6 Å². The fourth-order valence-corrected chi connectivity index (χ4v) is 4.08. The summed E-state index contributed by atoms with van der Waals surface area (Å²) in [5.74, 6) is 0.753. The second-order valence-electron chi connectivity index (χ2n) is 6.17. The molecule has 0 bridgehead atoms. The Balaban J connectivity index is 2.02. The first kappa shape index (κ1) is 18.7. The summed E-state index contributed by atoms with van der Waals surface area (Å²) < 4.78 is 32.4. The molecule has 1 fully saturated rings. The van der Waals surface area contributed by atoms with Crippen LogP contribution in [0.3, 0.4) is 0 Å². The maximum atomic E-state index is 12.7. The first-order valence-corrected chi connectivity index (χ1v) is 9.83. The molecule has 7 heteroatoms. The van der Waals surface area contributed by atoms with Crippen molar-refractivity contribution in [3.8, 4) is 5.75 Å². The molecule has 0 unspecified atom stereocenters. The summed E-state index contributed by atoms with van der Waals surface area (Å²) in [6.07, 6.45) is 1.37. The van der Waals surface area contributed by atoms with Crippen molar-refractivity contribution in [1.82, 2.24) is 9.21 Å². The molecule has 0 aliphatic carbocycles. The number of amides is 1. The van der Waals surface area contributed by atoms with Crippen LogP contribution in [-0.4, -0.2) is 55.8 Å². The lowest BCUT2D eigenvalue weighted by atomic mass is 10.2. The number of hydrogen-bond donors (Lipinski definition) is 0. The van der Waals surface area contributed by atoms with Crippen molar-refractivity contribution in [2.75, 3.05) is 26.2 Å². The van der Waals surface area contributed by atoms with Gasteiger partial charge in [-0.05, 0) is 44.5 Å². The molecule has 1 aromatic rings. The van der Waals surface area contributed by atoms with Crippen LogP contribution in [0, 0.1) is 0 Å². The molecule has 134 valence electrons. The third-order valence-electron chi connectivity index (χ3n) is 3.89. The molecule has 0 atom stereocenters. The van der Waals surface area contributed by atoms with Crippen LogP contribution in [0.2, 0.25) is 0 Å². The van der Waals surface area contributed by atoms with Gasteiger partial charge in [0.05, 0.1) is 11.0 Å². The van der Waals surface area contributed by atoms with Gasteiger partial charge >= 0.3 is 0 Å². The topological polar surface area (TPSA) is 66.9 Å². The molecule has 0 radical (unpaired) electrons. The molecule has 1 aliphatic heterocycles. The third-order valence-corrected chi connectivity index (χ3v) is 5.80. The lowest BCUT2D eigenvalue weighted by Gasteiger charge is -2.34. The summed E-state index contributed by atoms with van der Waals surface area (Å²) in [5.41, 5.74) is 0. The van der Waals surface area contributed by atoms with E-state index >= 15 is 0 Å². The van der Waals surface area contributed by atoms with E-state index in [1.54, 1.807) is 29.2 Å². The largest absolute Gasteiger partial charge is 0.491 e. The van der Waals surface area contributed by atoms with E-state index in [1.165, 1.54) is 4.31 Å². The van der Waals surface area contributed by atoms with E-state index in [-0.39, 0.29) is 16.9 Å². The normalized spacial score (nSPS) is 16.4. The predicted octanol–water partition coefficient (Wildman–Crippen LogP) is 2.11. The highest BCUT2D eigenvalue weighted by Crippen LogP contribution is 2.21. The zero-order valence-corrected chi connectivity index (χ0v) is 15.4. The van der Waals surface area contributed by atoms with Crippen molar-refractivity contribution in [3.63, 3.8) is 0 Å². The van der Waals surface area contributed by atoms with E-state index in [0.717, 1.165) is 6.42 Å². The Bertz CT molecular complexity index is 648. The minimum atomic E-state index is -3.53. The minimum absolute atomic E-state index is 0.0428. The predicted molar refractivity (Wildman–Crippen MR) is 92.5 cm³/mol. The molecule has 6 nitrogen and oxygen atoms in total. The van der Waals surface area contributed by atoms with Crippen molar-refractivity contribution in [1.29, 1.82) is 0 Å². The van der Waals surface area contributed by atoms with Crippen molar-refractivity contribution < 1.29 is 17.9 Å². The highest BCUT2D eigenvalue weighted by Gasteiger charge is 2.29. The molecule has 1 aliphatic rings. The molecular formula is C17H26N2O4S. The average molecular weight is 354 g/mol. The van der Waals surface area contributed by atoms with Crippen LogP contribution in [0.25, 0.3) is 0 Å². The van der Waals surface area contributed by atoms with Gasteiger partial charge in [0.15, 0.2) is 0 Å². The molecule has 1 aromatic carbocycles. The summed E-state index contributed by atoms with van der Waals surface area (Å²) in [6.45, 7) is 7.38. The van der Waals surface area contributed by atoms with Crippen LogP contribution >= 0.6 is 0 Å². The van der Waals surface area contributed by atoms with Crippen molar-refractivity contribution >= 4 is 15.9 Å². The molecule has 0 saturated carbocycles. The van der Waals surface area contributed by atoms with Gasteiger partial charge in [-0.15, -0.1) is 0 Å². The van der Waals surface area contributed by atoms with Gasteiger partial charge in [0.25, 0.3) is 0 Å². The summed E-state index contributed by atoms with van der Waals surface area (Å²) >= 11 is 0. The molecule has 1 saturated heterocycles. The van der Waals surface area contributed by atoms with Gasteiger partial charge in [-0.1, -0.05) is 6.92 Å². The van der Waals surface area contributed by atoms with Gasteiger partial charge in [-0.3, -0.25) is 4.79 Å². The zero-order valence-electron chi connectivity index (χ0n) is 14.6. The third kappa shape index (κ3) is 4.48. The van der Waals surface area contributed by atoms with Gasteiger partial charge in [-0.25, -0.2) is 8.42 Å². The Hall–Kier alpha value is -1.60. The number of carbonyl (C=O) groups excluding carboxylic acids is 1.